The van der Waals surface area contributed by atoms with Crippen LogP contribution in [0.1, 0.15) is 35.7 Å². The first-order valence-electron chi connectivity index (χ1n) is 7.52. The molecule has 1 fully saturated rings. The van der Waals surface area contributed by atoms with Gasteiger partial charge in [0.15, 0.2) is 0 Å². The van der Waals surface area contributed by atoms with Crippen LogP contribution in [0, 0.1) is 0 Å². The van der Waals surface area contributed by atoms with Crippen LogP contribution < -0.4 is 5.32 Å². The summed E-state index contributed by atoms with van der Waals surface area (Å²) in [4.78, 5) is 14.2. The molecule has 1 heterocycles. The van der Waals surface area contributed by atoms with Crippen molar-refractivity contribution in [3.8, 4) is 0 Å². The zero-order valence-electron chi connectivity index (χ0n) is 13.5. The number of benzene rings is 1. The number of hydrogen-bond acceptors (Lipinski definition) is 2. The Hall–Kier alpha value is -1.82. The van der Waals surface area contributed by atoms with Crippen molar-refractivity contribution in [2.24, 2.45) is 0 Å². The normalized spacial score (nSPS) is 16.2. The minimum absolute atomic E-state index is 0.0556. The Bertz CT molecular complexity index is 521. The molecule has 0 radical (unpaired) electrons. The van der Waals surface area contributed by atoms with Gasteiger partial charge in [0, 0.05) is 6.04 Å². The fourth-order valence-corrected chi connectivity index (χ4v) is 2.34. The zero-order valence-corrected chi connectivity index (χ0v) is 13.5. The fraction of sp³-hybridized carbons (Fsp3) is 0.471. The van der Waals surface area contributed by atoms with Crippen LogP contribution in [0.25, 0.3) is 0 Å². The number of nitrogens with one attached hydrogen (secondary N) is 1. The van der Waals surface area contributed by atoms with Gasteiger partial charge in [-0.2, -0.15) is 13.2 Å². The summed E-state index contributed by atoms with van der Waals surface area (Å²) < 4.78 is 38.6. The van der Waals surface area contributed by atoms with Crippen LogP contribution in [0.4, 0.5) is 13.2 Å². The molecule has 1 aliphatic rings. The third-order valence-electron chi connectivity index (χ3n) is 3.53. The summed E-state index contributed by atoms with van der Waals surface area (Å²) in [6.45, 7) is 6.93. The van der Waals surface area contributed by atoms with Crippen LogP contribution in [-0.4, -0.2) is 37.0 Å². The van der Waals surface area contributed by atoms with Crippen molar-refractivity contribution in [1.82, 2.24) is 10.2 Å². The highest BCUT2D eigenvalue weighted by Gasteiger charge is 2.35. The van der Waals surface area contributed by atoms with Crippen molar-refractivity contribution in [2.45, 2.75) is 32.0 Å². The molecule has 23 heavy (non-hydrogen) atoms. The van der Waals surface area contributed by atoms with Crippen molar-refractivity contribution < 1.29 is 18.0 Å². The van der Waals surface area contributed by atoms with E-state index in [2.05, 4.69) is 16.8 Å². The maximum absolute atomic E-state index is 12.9. The molecule has 1 aromatic carbocycles. The molecule has 0 bridgehead atoms. The van der Waals surface area contributed by atoms with E-state index in [1.54, 1.807) is 6.08 Å². The van der Waals surface area contributed by atoms with Gasteiger partial charge in [0.05, 0.1) is 11.1 Å². The molecular formula is C17H23F3N2O. The van der Waals surface area contributed by atoms with Crippen LogP contribution in [0.15, 0.2) is 36.9 Å². The number of alkyl halides is 3. The monoisotopic (exact) mass is 328 g/mol. The maximum Gasteiger partial charge on any atom is 0.417 e. The lowest BCUT2D eigenvalue weighted by atomic mass is 10.0. The number of likely N-dealkylation sites (tertiary alicyclic amines) is 1. The summed E-state index contributed by atoms with van der Waals surface area (Å²) in [6, 6.07) is 4.82. The average molecular weight is 328 g/mol. The highest BCUT2D eigenvalue weighted by atomic mass is 19.4. The molecule has 1 aliphatic heterocycles. The lowest BCUT2D eigenvalue weighted by molar-refractivity contribution is -0.137. The molecule has 2 rings (SSSR count). The van der Waals surface area contributed by atoms with Gasteiger partial charge >= 0.3 is 6.18 Å². The Kier molecular flexibility index (Phi) is 7.29. The summed E-state index contributed by atoms with van der Waals surface area (Å²) in [5.41, 5.74) is -1.19. The summed E-state index contributed by atoms with van der Waals surface area (Å²) in [5.74, 6) is -0.646. The third-order valence-corrected chi connectivity index (χ3v) is 3.53. The number of rotatable bonds is 2. The molecule has 0 atom stereocenters. The van der Waals surface area contributed by atoms with Gasteiger partial charge in [0.2, 0.25) is 0 Å². The SMILES string of the molecule is C=CC.CN1CCC(NC(=O)c2ccccc2C(F)(F)F)CC1. The second kappa shape index (κ2) is 8.72. The van der Waals surface area contributed by atoms with E-state index in [1.807, 2.05) is 14.0 Å². The highest BCUT2D eigenvalue weighted by molar-refractivity contribution is 5.96. The molecule has 6 heteroatoms. The Morgan fingerprint density at radius 1 is 1.30 bits per heavy atom. The van der Waals surface area contributed by atoms with Gasteiger partial charge in [-0.15, -0.1) is 6.58 Å². The first-order chi connectivity index (χ1) is 10.8. The molecule has 0 aliphatic carbocycles. The molecule has 0 unspecified atom stereocenters. The van der Waals surface area contributed by atoms with E-state index in [0.29, 0.717) is 0 Å². The average Bonchev–Trinajstić information content (AvgIpc) is 2.49. The van der Waals surface area contributed by atoms with E-state index in [4.69, 9.17) is 0 Å². The Morgan fingerprint density at radius 2 is 1.83 bits per heavy atom. The van der Waals surface area contributed by atoms with Crippen molar-refractivity contribution >= 4 is 5.91 Å². The minimum atomic E-state index is -4.51. The van der Waals surface area contributed by atoms with Crippen LogP contribution in [0.3, 0.4) is 0 Å². The smallest absolute Gasteiger partial charge is 0.349 e. The van der Waals surface area contributed by atoms with Gasteiger partial charge in [-0.1, -0.05) is 18.2 Å². The highest BCUT2D eigenvalue weighted by Crippen LogP contribution is 2.31. The number of amides is 1. The molecule has 1 saturated heterocycles. The summed E-state index contributed by atoms with van der Waals surface area (Å²) in [7, 11) is 1.98. The Morgan fingerprint density at radius 3 is 2.35 bits per heavy atom. The van der Waals surface area contributed by atoms with E-state index < -0.39 is 17.6 Å². The van der Waals surface area contributed by atoms with Crippen LogP contribution in [0.2, 0.25) is 0 Å². The molecular weight excluding hydrogens is 305 g/mol. The summed E-state index contributed by atoms with van der Waals surface area (Å²) in [6.07, 6.45) is -1.24. The van der Waals surface area contributed by atoms with Crippen molar-refractivity contribution in [3.05, 3.63) is 48.0 Å². The van der Waals surface area contributed by atoms with E-state index >= 15 is 0 Å². The van der Waals surface area contributed by atoms with E-state index in [-0.39, 0.29) is 11.6 Å². The molecule has 1 aromatic rings. The van der Waals surface area contributed by atoms with Gasteiger partial charge in [-0.3, -0.25) is 4.79 Å². The molecule has 0 aromatic heterocycles. The molecule has 0 spiro atoms. The van der Waals surface area contributed by atoms with Gasteiger partial charge in [0.1, 0.15) is 0 Å². The van der Waals surface area contributed by atoms with Gasteiger partial charge in [0.25, 0.3) is 5.91 Å². The van der Waals surface area contributed by atoms with Gasteiger partial charge < -0.3 is 10.2 Å². The zero-order chi connectivity index (χ0) is 17.5. The maximum atomic E-state index is 12.9. The number of carbonyl (C=O) groups is 1. The number of piperidine rings is 1. The van der Waals surface area contributed by atoms with Crippen molar-refractivity contribution in [1.29, 1.82) is 0 Å². The number of halogens is 3. The van der Waals surface area contributed by atoms with Crippen molar-refractivity contribution in [2.75, 3.05) is 20.1 Å². The van der Waals surface area contributed by atoms with Crippen LogP contribution in [-0.2, 0) is 6.18 Å². The largest absolute Gasteiger partial charge is 0.417 e. The summed E-state index contributed by atoms with van der Waals surface area (Å²) >= 11 is 0. The van der Waals surface area contributed by atoms with Crippen molar-refractivity contribution in [3.63, 3.8) is 0 Å². The number of carbonyl (C=O) groups excluding carboxylic acids is 1. The topological polar surface area (TPSA) is 32.3 Å². The second-order valence-corrected chi connectivity index (χ2v) is 5.50. The first kappa shape index (κ1) is 19.2. The lowest BCUT2D eigenvalue weighted by Gasteiger charge is -2.29. The first-order valence-corrected chi connectivity index (χ1v) is 7.52. The standard InChI is InChI=1S/C14H17F3N2O.C3H6/c1-19-8-6-10(7-9-19)18-13(20)11-4-2-3-5-12(11)14(15,16)17;1-3-2/h2-5,10H,6-9H2,1H3,(H,18,20);3H,1H2,2H3. The second-order valence-electron chi connectivity index (χ2n) is 5.50. The van der Waals surface area contributed by atoms with E-state index in [0.717, 1.165) is 32.0 Å². The minimum Gasteiger partial charge on any atom is -0.349 e. The number of nitrogens with zero attached hydrogens (tertiary/aromatic N) is 1. The van der Waals surface area contributed by atoms with Gasteiger partial charge in [-0.25, -0.2) is 0 Å². The number of allylic oxidation sites excluding steroid dienone is 1. The Labute approximate surface area is 135 Å². The molecule has 0 saturated carbocycles. The lowest BCUT2D eigenvalue weighted by Crippen LogP contribution is -2.43. The van der Waals surface area contributed by atoms with E-state index in [9.17, 15) is 18.0 Å². The van der Waals surface area contributed by atoms with Gasteiger partial charge in [-0.05, 0) is 52.0 Å². The molecule has 3 nitrogen and oxygen atoms in total. The quantitative estimate of drug-likeness (QED) is 0.839. The predicted octanol–water partition coefficient (Wildman–Crippen LogP) is 3.72. The molecule has 1 amide bonds. The summed E-state index contributed by atoms with van der Waals surface area (Å²) in [5, 5.41) is 2.70. The van der Waals surface area contributed by atoms with Crippen LogP contribution in [0.5, 0.6) is 0 Å². The van der Waals surface area contributed by atoms with Crippen LogP contribution >= 0.6 is 0 Å². The van der Waals surface area contributed by atoms with E-state index in [1.165, 1.54) is 18.2 Å². The fourth-order valence-electron chi connectivity index (χ4n) is 2.34. The third kappa shape index (κ3) is 6.06. The molecule has 1 N–H and O–H groups in total. The Balaban J connectivity index is 0.000000816. The molecule has 128 valence electrons. The predicted molar refractivity (Wildman–Crippen MR) is 85.3 cm³/mol. The number of hydrogen-bond donors (Lipinski definition) is 1.